The molecule has 6 heteroatoms. The summed E-state index contributed by atoms with van der Waals surface area (Å²) in [5, 5.41) is 3.69. The van der Waals surface area contributed by atoms with Crippen molar-refractivity contribution in [2.24, 2.45) is 5.16 Å². The molecule has 0 unspecified atom stereocenters. The second-order valence-electron chi connectivity index (χ2n) is 4.53. The normalized spacial score (nSPS) is 11.6. The van der Waals surface area contributed by atoms with E-state index in [1.807, 2.05) is 31.2 Å². The van der Waals surface area contributed by atoms with Crippen molar-refractivity contribution in [2.45, 2.75) is 19.9 Å². The van der Waals surface area contributed by atoms with E-state index in [-0.39, 0.29) is 12.4 Å². The van der Waals surface area contributed by atoms with Gasteiger partial charge in [-0.3, -0.25) is 0 Å². The van der Waals surface area contributed by atoms with E-state index in [0.29, 0.717) is 5.56 Å². The van der Waals surface area contributed by atoms with Crippen molar-refractivity contribution >= 4 is 6.21 Å². The maximum atomic E-state index is 12.0. The van der Waals surface area contributed by atoms with Gasteiger partial charge < -0.3 is 9.57 Å². The molecule has 0 amide bonds. The van der Waals surface area contributed by atoms with Gasteiger partial charge in [-0.15, -0.1) is 13.2 Å². The highest BCUT2D eigenvalue weighted by Crippen LogP contribution is 2.22. The minimum atomic E-state index is -4.69. The highest BCUT2D eigenvalue weighted by Gasteiger charge is 2.30. The number of alkyl halides is 3. The molecule has 0 saturated carbocycles. The lowest BCUT2D eigenvalue weighted by Gasteiger charge is -2.08. The molecule has 0 aliphatic rings. The maximum Gasteiger partial charge on any atom is 0.573 e. The van der Waals surface area contributed by atoms with Crippen LogP contribution in [0.5, 0.6) is 5.75 Å². The largest absolute Gasteiger partial charge is 0.573 e. The Kier molecular flexibility index (Phi) is 5.04. The van der Waals surface area contributed by atoms with E-state index in [2.05, 4.69) is 16.1 Å². The molecule has 0 aliphatic heterocycles. The molecule has 0 bridgehead atoms. The molecule has 22 heavy (non-hydrogen) atoms. The van der Waals surface area contributed by atoms with E-state index in [0.717, 1.165) is 11.1 Å². The second kappa shape index (κ2) is 6.98. The van der Waals surface area contributed by atoms with Crippen LogP contribution in [0, 0.1) is 6.92 Å². The molecule has 115 valence electrons. The standard InChI is InChI=1S/C16H13F3NO2/c1-12-2-4-13(5-3-12)10-20-21-11-14-6-8-15(9-7-14)22-16(17,18)19/h2-9H,11H2,1H3. The smallest absolute Gasteiger partial charge is 0.406 e. The molecule has 0 spiro atoms. The Labute approximate surface area is 126 Å². The van der Waals surface area contributed by atoms with Crippen LogP contribution in [0.1, 0.15) is 16.7 Å². The summed E-state index contributed by atoms with van der Waals surface area (Å²) in [5.74, 6) is -0.272. The zero-order chi connectivity index (χ0) is 16.0. The Morgan fingerprint density at radius 1 is 1.00 bits per heavy atom. The van der Waals surface area contributed by atoms with Crippen LogP contribution in [0.4, 0.5) is 13.2 Å². The van der Waals surface area contributed by atoms with Crippen LogP contribution in [0.15, 0.2) is 53.7 Å². The van der Waals surface area contributed by atoms with Gasteiger partial charge >= 0.3 is 6.36 Å². The van der Waals surface area contributed by atoms with Crippen molar-refractivity contribution in [3.8, 4) is 5.75 Å². The van der Waals surface area contributed by atoms with Crippen molar-refractivity contribution in [1.29, 1.82) is 0 Å². The molecular formula is C16H13F3NO2. The first-order valence-corrected chi connectivity index (χ1v) is 6.42. The fourth-order valence-electron chi connectivity index (χ4n) is 1.61. The average molecular weight is 308 g/mol. The first kappa shape index (κ1) is 15.9. The Balaban J connectivity index is 1.83. The highest BCUT2D eigenvalue weighted by molar-refractivity contribution is 5.79. The van der Waals surface area contributed by atoms with Crippen LogP contribution in [-0.4, -0.2) is 12.6 Å². The molecular weight excluding hydrogens is 295 g/mol. The Bertz CT molecular complexity index is 619. The Morgan fingerprint density at radius 3 is 2.23 bits per heavy atom. The van der Waals surface area contributed by atoms with Crippen LogP contribution in [0.3, 0.4) is 0 Å². The van der Waals surface area contributed by atoms with Gasteiger partial charge in [-0.05, 0) is 24.6 Å². The third-order valence-corrected chi connectivity index (χ3v) is 2.68. The van der Waals surface area contributed by atoms with Crippen LogP contribution in [0.25, 0.3) is 0 Å². The predicted octanol–water partition coefficient (Wildman–Crippen LogP) is 4.32. The number of nitrogens with zero attached hydrogens (tertiary/aromatic N) is 1. The second-order valence-corrected chi connectivity index (χ2v) is 4.53. The molecule has 3 nitrogen and oxygen atoms in total. The zero-order valence-electron chi connectivity index (χ0n) is 11.7. The lowest BCUT2D eigenvalue weighted by molar-refractivity contribution is -0.274. The number of rotatable bonds is 5. The fraction of sp³-hybridized carbons (Fsp3) is 0.188. The van der Waals surface area contributed by atoms with E-state index in [1.54, 1.807) is 0 Å². The van der Waals surface area contributed by atoms with E-state index in [9.17, 15) is 13.2 Å². The molecule has 0 aliphatic carbocycles. The Morgan fingerprint density at radius 2 is 1.64 bits per heavy atom. The summed E-state index contributed by atoms with van der Waals surface area (Å²) >= 11 is 0. The van der Waals surface area contributed by atoms with Crippen molar-refractivity contribution in [3.05, 3.63) is 65.2 Å². The predicted molar refractivity (Wildman–Crippen MR) is 75.6 cm³/mol. The summed E-state index contributed by atoms with van der Waals surface area (Å²) in [5.41, 5.74) is 2.58. The number of halogens is 3. The van der Waals surface area contributed by atoms with Crippen LogP contribution < -0.4 is 4.74 Å². The first-order valence-electron chi connectivity index (χ1n) is 6.42. The van der Waals surface area contributed by atoms with Crippen LogP contribution >= 0.6 is 0 Å². The molecule has 0 heterocycles. The number of hydrogen-bond acceptors (Lipinski definition) is 3. The third-order valence-electron chi connectivity index (χ3n) is 2.68. The lowest BCUT2D eigenvalue weighted by Crippen LogP contribution is -2.17. The molecule has 0 N–H and O–H groups in total. The molecule has 0 aromatic heterocycles. The van der Waals surface area contributed by atoms with Crippen molar-refractivity contribution in [2.75, 3.05) is 0 Å². The minimum absolute atomic E-state index is 0.130. The quantitative estimate of drug-likeness (QED) is 0.608. The first-order chi connectivity index (χ1) is 10.4. The monoisotopic (exact) mass is 308 g/mol. The average Bonchev–Trinajstić information content (AvgIpc) is 2.45. The summed E-state index contributed by atoms with van der Waals surface area (Å²) in [4.78, 5) is 5.05. The SMILES string of the molecule is Cc1ccc(/[C]=N\OCc2ccc(OC(F)(F)F)cc2)cc1. The van der Waals surface area contributed by atoms with Gasteiger partial charge in [-0.1, -0.05) is 47.1 Å². The summed E-state index contributed by atoms with van der Waals surface area (Å²) in [6.45, 7) is 2.11. The van der Waals surface area contributed by atoms with Crippen molar-refractivity contribution in [3.63, 3.8) is 0 Å². The number of aryl methyl sites for hydroxylation is 1. The van der Waals surface area contributed by atoms with E-state index in [1.165, 1.54) is 24.3 Å². The third kappa shape index (κ3) is 5.47. The zero-order valence-corrected chi connectivity index (χ0v) is 11.7. The summed E-state index contributed by atoms with van der Waals surface area (Å²) in [6, 6.07) is 13.0. The molecule has 0 atom stereocenters. The van der Waals surface area contributed by atoms with Crippen molar-refractivity contribution in [1.82, 2.24) is 0 Å². The van der Waals surface area contributed by atoms with Gasteiger partial charge in [0.15, 0.2) is 0 Å². The molecule has 1 radical (unpaired) electrons. The fourth-order valence-corrected chi connectivity index (χ4v) is 1.61. The van der Waals surface area contributed by atoms with Crippen molar-refractivity contribution < 1.29 is 22.7 Å². The van der Waals surface area contributed by atoms with Gasteiger partial charge in [0.2, 0.25) is 0 Å². The topological polar surface area (TPSA) is 30.8 Å². The number of ether oxygens (including phenoxy) is 1. The summed E-state index contributed by atoms with van der Waals surface area (Å²) in [7, 11) is 0. The van der Waals surface area contributed by atoms with Gasteiger partial charge in [0, 0.05) is 5.56 Å². The summed E-state index contributed by atoms with van der Waals surface area (Å²) < 4.78 is 39.8. The van der Waals surface area contributed by atoms with Gasteiger partial charge in [-0.2, -0.15) is 0 Å². The van der Waals surface area contributed by atoms with Gasteiger partial charge in [0.05, 0.1) is 0 Å². The van der Waals surface area contributed by atoms with Gasteiger partial charge in [0.1, 0.15) is 18.6 Å². The highest BCUT2D eigenvalue weighted by atomic mass is 19.4. The lowest BCUT2D eigenvalue weighted by atomic mass is 10.2. The van der Waals surface area contributed by atoms with Gasteiger partial charge in [0.25, 0.3) is 0 Å². The number of hydrogen-bond donors (Lipinski definition) is 0. The van der Waals surface area contributed by atoms with E-state index >= 15 is 0 Å². The number of benzene rings is 2. The maximum absolute atomic E-state index is 12.0. The molecule has 2 rings (SSSR count). The van der Waals surface area contributed by atoms with E-state index < -0.39 is 6.36 Å². The molecule has 0 fully saturated rings. The molecule has 0 saturated heterocycles. The van der Waals surface area contributed by atoms with Gasteiger partial charge in [-0.25, -0.2) is 0 Å². The van der Waals surface area contributed by atoms with E-state index in [4.69, 9.17) is 4.84 Å². The summed E-state index contributed by atoms with van der Waals surface area (Å²) in [6.07, 6.45) is -1.98. The van der Waals surface area contributed by atoms with Crippen LogP contribution in [-0.2, 0) is 11.4 Å². The van der Waals surface area contributed by atoms with Crippen LogP contribution in [0.2, 0.25) is 0 Å². The molecule has 2 aromatic rings. The Hall–Kier alpha value is -2.50. The minimum Gasteiger partial charge on any atom is -0.406 e. The molecule has 2 aromatic carbocycles.